The van der Waals surface area contributed by atoms with E-state index in [-0.39, 0.29) is 6.61 Å². The maximum absolute atomic E-state index is 12.9. The summed E-state index contributed by atoms with van der Waals surface area (Å²) >= 11 is 0. The normalized spacial score (nSPS) is 11.5. The van der Waals surface area contributed by atoms with Crippen molar-refractivity contribution in [1.29, 1.82) is 0 Å². The van der Waals surface area contributed by atoms with Gasteiger partial charge in [0.25, 0.3) is 0 Å². The maximum Gasteiger partial charge on any atom is 0.366 e. The Kier molecular flexibility index (Phi) is 8.19. The third-order valence-electron chi connectivity index (χ3n) is 1.85. The highest BCUT2D eigenvalue weighted by Crippen LogP contribution is 2.07. The molecule has 2 nitrogen and oxygen atoms in total. The number of esters is 1. The molecular weight excluding hydrogens is 183 g/mol. The smallest absolute Gasteiger partial charge is 0.366 e. The molecule has 0 unspecified atom stereocenters. The van der Waals surface area contributed by atoms with Gasteiger partial charge in [0.2, 0.25) is 5.83 Å². The molecule has 0 radical (unpaired) electrons. The fraction of sp³-hybridized carbons (Fsp3) is 0.727. The van der Waals surface area contributed by atoms with E-state index in [4.69, 9.17) is 0 Å². The van der Waals surface area contributed by atoms with Crippen LogP contribution in [0.1, 0.15) is 46.0 Å². The fourth-order valence-electron chi connectivity index (χ4n) is 1.08. The van der Waals surface area contributed by atoms with Crippen LogP contribution in [0.3, 0.4) is 0 Å². The molecule has 0 saturated carbocycles. The maximum atomic E-state index is 12.9. The topological polar surface area (TPSA) is 26.3 Å². The number of ether oxygens (including phenoxy) is 1. The van der Waals surface area contributed by atoms with Crippen LogP contribution in [0.25, 0.3) is 0 Å². The third kappa shape index (κ3) is 6.63. The summed E-state index contributed by atoms with van der Waals surface area (Å²) in [4.78, 5) is 10.8. The molecule has 0 rings (SSSR count). The molecule has 0 N–H and O–H groups in total. The molecule has 0 aromatic carbocycles. The van der Waals surface area contributed by atoms with E-state index in [1.54, 1.807) is 6.92 Å². The van der Waals surface area contributed by atoms with E-state index < -0.39 is 11.8 Å². The van der Waals surface area contributed by atoms with Gasteiger partial charge in [-0.3, -0.25) is 0 Å². The predicted molar refractivity (Wildman–Crippen MR) is 54.6 cm³/mol. The van der Waals surface area contributed by atoms with E-state index in [9.17, 15) is 9.18 Å². The van der Waals surface area contributed by atoms with Crippen molar-refractivity contribution in [1.82, 2.24) is 0 Å². The number of rotatable bonds is 7. The van der Waals surface area contributed by atoms with Crippen molar-refractivity contribution >= 4 is 5.97 Å². The van der Waals surface area contributed by atoms with Crippen molar-refractivity contribution in [2.45, 2.75) is 46.0 Å². The summed E-state index contributed by atoms with van der Waals surface area (Å²) in [6.45, 7) is 4.00. The molecule has 0 heterocycles. The van der Waals surface area contributed by atoms with E-state index in [1.165, 1.54) is 6.08 Å². The van der Waals surface area contributed by atoms with Crippen LogP contribution in [-0.2, 0) is 9.53 Å². The Balaban J connectivity index is 3.60. The van der Waals surface area contributed by atoms with Crippen LogP contribution in [0.2, 0.25) is 0 Å². The highest BCUT2D eigenvalue weighted by molar-refractivity contribution is 5.85. The van der Waals surface area contributed by atoms with Crippen LogP contribution in [0, 0.1) is 0 Å². The highest BCUT2D eigenvalue weighted by Gasteiger charge is 2.07. The van der Waals surface area contributed by atoms with Gasteiger partial charge in [0.1, 0.15) is 0 Å². The molecule has 82 valence electrons. The number of allylic oxidation sites excluding steroid dienone is 1. The zero-order chi connectivity index (χ0) is 10.8. The highest BCUT2D eigenvalue weighted by atomic mass is 19.1. The lowest BCUT2D eigenvalue weighted by Crippen LogP contribution is -2.03. The summed E-state index contributed by atoms with van der Waals surface area (Å²) < 4.78 is 17.4. The molecule has 0 saturated heterocycles. The molecule has 0 aliphatic rings. The lowest BCUT2D eigenvalue weighted by molar-refractivity contribution is -0.140. The summed E-state index contributed by atoms with van der Waals surface area (Å²) in [6.07, 6.45) is 6.26. The molecule has 0 spiro atoms. The molecule has 0 aliphatic heterocycles. The molecule has 14 heavy (non-hydrogen) atoms. The molecule has 0 bridgehead atoms. The van der Waals surface area contributed by atoms with Gasteiger partial charge in [-0.1, -0.05) is 26.2 Å². The lowest BCUT2D eigenvalue weighted by atomic mass is 10.1. The Morgan fingerprint density at radius 2 is 2.00 bits per heavy atom. The first-order chi connectivity index (χ1) is 6.72. The minimum atomic E-state index is -0.844. The Morgan fingerprint density at radius 3 is 2.57 bits per heavy atom. The zero-order valence-electron chi connectivity index (χ0n) is 9.01. The molecule has 0 aliphatic carbocycles. The van der Waals surface area contributed by atoms with Crippen LogP contribution in [0.5, 0.6) is 0 Å². The van der Waals surface area contributed by atoms with Crippen LogP contribution < -0.4 is 0 Å². The van der Waals surface area contributed by atoms with Gasteiger partial charge >= 0.3 is 5.97 Å². The number of carbonyl (C=O) groups is 1. The number of halogens is 1. The average Bonchev–Trinajstić information content (AvgIpc) is 2.17. The van der Waals surface area contributed by atoms with Crippen molar-refractivity contribution in [3.05, 3.63) is 11.9 Å². The molecule has 0 atom stereocenters. The number of carbonyl (C=O) groups excluding carboxylic acids is 1. The first-order valence-corrected chi connectivity index (χ1v) is 5.25. The first-order valence-electron chi connectivity index (χ1n) is 5.25. The van der Waals surface area contributed by atoms with Gasteiger partial charge in [-0.05, 0) is 25.8 Å². The average molecular weight is 202 g/mol. The summed E-state index contributed by atoms with van der Waals surface area (Å²) in [5.41, 5.74) is 0. The van der Waals surface area contributed by atoms with Gasteiger partial charge in [0.05, 0.1) is 6.61 Å². The zero-order valence-corrected chi connectivity index (χ0v) is 9.01. The van der Waals surface area contributed by atoms with Crippen LogP contribution in [0.4, 0.5) is 4.39 Å². The Bertz CT molecular complexity index is 188. The van der Waals surface area contributed by atoms with Crippen molar-refractivity contribution in [3.63, 3.8) is 0 Å². The standard InChI is InChI=1S/C11H19FO2/c1-3-5-6-7-8-9-10(12)11(13)14-4-2/h9H,3-8H2,1-2H3/b10-9-. The molecule has 0 aromatic rings. The number of hydrogen-bond acceptors (Lipinski definition) is 2. The summed E-state index contributed by atoms with van der Waals surface area (Å²) in [5, 5.41) is 0. The van der Waals surface area contributed by atoms with Crippen molar-refractivity contribution in [2.75, 3.05) is 6.61 Å². The Hall–Kier alpha value is -0.860. The van der Waals surface area contributed by atoms with Gasteiger partial charge in [-0.2, -0.15) is 4.39 Å². The number of unbranched alkanes of at least 4 members (excludes halogenated alkanes) is 4. The second-order valence-corrected chi connectivity index (χ2v) is 3.12. The Labute approximate surface area is 85.1 Å². The van der Waals surface area contributed by atoms with E-state index >= 15 is 0 Å². The van der Waals surface area contributed by atoms with Crippen LogP contribution in [-0.4, -0.2) is 12.6 Å². The minimum Gasteiger partial charge on any atom is -0.461 e. The van der Waals surface area contributed by atoms with Crippen molar-refractivity contribution < 1.29 is 13.9 Å². The second kappa shape index (κ2) is 8.73. The minimum absolute atomic E-state index is 0.218. The lowest BCUT2D eigenvalue weighted by Gasteiger charge is -1.98. The summed E-state index contributed by atoms with van der Waals surface area (Å²) in [5.74, 6) is -1.61. The molecule has 0 aromatic heterocycles. The summed E-state index contributed by atoms with van der Waals surface area (Å²) in [6, 6.07) is 0. The van der Waals surface area contributed by atoms with Gasteiger partial charge in [-0.15, -0.1) is 0 Å². The van der Waals surface area contributed by atoms with Gasteiger partial charge in [-0.25, -0.2) is 4.79 Å². The number of hydrogen-bond donors (Lipinski definition) is 0. The molecule has 0 amide bonds. The molecular formula is C11H19FO2. The van der Waals surface area contributed by atoms with Gasteiger partial charge in [0.15, 0.2) is 0 Å². The van der Waals surface area contributed by atoms with Crippen LogP contribution >= 0.6 is 0 Å². The third-order valence-corrected chi connectivity index (χ3v) is 1.85. The monoisotopic (exact) mass is 202 g/mol. The Morgan fingerprint density at radius 1 is 1.29 bits per heavy atom. The van der Waals surface area contributed by atoms with Gasteiger partial charge in [0, 0.05) is 0 Å². The quantitative estimate of drug-likeness (QED) is 0.359. The van der Waals surface area contributed by atoms with E-state index in [1.807, 2.05) is 0 Å². The van der Waals surface area contributed by atoms with Gasteiger partial charge < -0.3 is 4.74 Å². The molecule has 0 fully saturated rings. The predicted octanol–water partition coefficient (Wildman–Crippen LogP) is 3.37. The summed E-state index contributed by atoms with van der Waals surface area (Å²) in [7, 11) is 0. The van der Waals surface area contributed by atoms with E-state index in [0.29, 0.717) is 6.42 Å². The SMILES string of the molecule is CCCCCC/C=C(\F)C(=O)OCC. The van der Waals surface area contributed by atoms with Crippen LogP contribution in [0.15, 0.2) is 11.9 Å². The first kappa shape index (κ1) is 13.1. The largest absolute Gasteiger partial charge is 0.461 e. The van der Waals surface area contributed by atoms with Crippen molar-refractivity contribution in [3.8, 4) is 0 Å². The van der Waals surface area contributed by atoms with Crippen molar-refractivity contribution in [2.24, 2.45) is 0 Å². The molecule has 3 heteroatoms. The van der Waals surface area contributed by atoms with E-state index in [2.05, 4.69) is 11.7 Å². The second-order valence-electron chi connectivity index (χ2n) is 3.12. The van der Waals surface area contributed by atoms with E-state index in [0.717, 1.165) is 25.7 Å². The fourth-order valence-corrected chi connectivity index (χ4v) is 1.08.